The third kappa shape index (κ3) is 3.29. The van der Waals surface area contributed by atoms with E-state index in [2.05, 4.69) is 25.4 Å². The standard InChI is InChI=1S/C23H21F3N6O2/c24-13-6-14-15(8-28-20(14)27-7-13)21-30-22(16-5-12(19(25)26)9-32(16)31-21)29-18-11-3-1-10(2-4-11)17(18)23(33)34/h5-11,17-19H,1-4H2,(H,27,28)(H,33,34)(H,29,30,31)/t10?,11?,17-,18-/m1/s1. The average molecular weight is 470 g/mol. The van der Waals surface area contributed by atoms with Crippen molar-refractivity contribution >= 4 is 28.3 Å². The number of carboxylic acids is 1. The van der Waals surface area contributed by atoms with Crippen LogP contribution in [0.15, 0.2) is 30.7 Å². The van der Waals surface area contributed by atoms with Crippen LogP contribution in [-0.2, 0) is 4.79 Å². The molecule has 0 amide bonds. The topological polar surface area (TPSA) is 108 Å². The number of hydrogen-bond acceptors (Lipinski definition) is 5. The Balaban J connectivity index is 1.50. The van der Waals surface area contributed by atoms with E-state index < -0.39 is 24.1 Å². The second-order valence-electron chi connectivity index (χ2n) is 9.15. The molecule has 11 heteroatoms. The minimum Gasteiger partial charge on any atom is -0.481 e. The molecule has 2 bridgehead atoms. The first-order valence-electron chi connectivity index (χ1n) is 11.2. The van der Waals surface area contributed by atoms with Gasteiger partial charge in [0.05, 0.1) is 12.1 Å². The van der Waals surface area contributed by atoms with Gasteiger partial charge >= 0.3 is 5.97 Å². The number of pyridine rings is 1. The molecule has 7 rings (SSSR count). The fourth-order valence-electron chi connectivity index (χ4n) is 5.69. The summed E-state index contributed by atoms with van der Waals surface area (Å²) < 4.78 is 42.2. The van der Waals surface area contributed by atoms with E-state index in [0.29, 0.717) is 22.1 Å². The third-order valence-electron chi connectivity index (χ3n) is 7.28. The van der Waals surface area contributed by atoms with Crippen molar-refractivity contribution in [2.75, 3.05) is 5.32 Å². The highest BCUT2D eigenvalue weighted by atomic mass is 19.3. The molecular formula is C23H21F3N6O2. The zero-order valence-electron chi connectivity index (χ0n) is 17.9. The zero-order chi connectivity index (χ0) is 23.6. The van der Waals surface area contributed by atoms with Crippen LogP contribution in [0.1, 0.15) is 37.7 Å². The van der Waals surface area contributed by atoms with Gasteiger partial charge in [-0.3, -0.25) is 4.79 Å². The summed E-state index contributed by atoms with van der Waals surface area (Å²) in [6.45, 7) is 0. The number of halogens is 3. The van der Waals surface area contributed by atoms with E-state index in [0.717, 1.165) is 31.9 Å². The number of rotatable bonds is 5. The SMILES string of the molecule is O=C(O)[C@@H]1C2CCC(CC2)[C@H]1Nc1nc(-c2c[nH]c3ncc(F)cc23)nn2cc(C(F)F)cc12. The number of aromatic amines is 1. The van der Waals surface area contributed by atoms with E-state index in [-0.39, 0.29) is 35.1 Å². The van der Waals surface area contributed by atoms with Gasteiger partial charge in [0.25, 0.3) is 6.43 Å². The van der Waals surface area contributed by atoms with Crippen LogP contribution < -0.4 is 5.32 Å². The lowest BCUT2D eigenvalue weighted by molar-refractivity contribution is -0.148. The maximum Gasteiger partial charge on any atom is 0.308 e. The number of aliphatic carboxylic acids is 1. The van der Waals surface area contributed by atoms with E-state index in [1.54, 1.807) is 6.20 Å². The van der Waals surface area contributed by atoms with Crippen molar-refractivity contribution in [3.8, 4) is 11.4 Å². The summed E-state index contributed by atoms with van der Waals surface area (Å²) in [5.41, 5.74) is 1.000. The quantitative estimate of drug-likeness (QED) is 0.392. The summed E-state index contributed by atoms with van der Waals surface area (Å²) >= 11 is 0. The van der Waals surface area contributed by atoms with Crippen molar-refractivity contribution in [2.45, 2.75) is 38.2 Å². The number of nitrogens with zero attached hydrogens (tertiary/aromatic N) is 4. The van der Waals surface area contributed by atoms with Crippen LogP contribution in [0.25, 0.3) is 27.9 Å². The Hall–Kier alpha value is -3.63. The van der Waals surface area contributed by atoms with Crippen LogP contribution in [0.2, 0.25) is 0 Å². The van der Waals surface area contributed by atoms with Gasteiger partial charge in [0.2, 0.25) is 0 Å². The first-order chi connectivity index (χ1) is 16.4. The highest BCUT2D eigenvalue weighted by Gasteiger charge is 2.47. The molecule has 0 spiro atoms. The first-order valence-corrected chi connectivity index (χ1v) is 11.2. The van der Waals surface area contributed by atoms with E-state index in [4.69, 9.17) is 0 Å². The number of carbonyl (C=O) groups is 1. The van der Waals surface area contributed by atoms with Gasteiger partial charge in [0, 0.05) is 34.9 Å². The van der Waals surface area contributed by atoms with Crippen molar-refractivity contribution < 1.29 is 23.1 Å². The minimum absolute atomic E-state index is 0.0726. The van der Waals surface area contributed by atoms with Gasteiger partial charge < -0.3 is 15.4 Å². The molecule has 0 aliphatic heterocycles. The van der Waals surface area contributed by atoms with E-state index in [9.17, 15) is 23.1 Å². The van der Waals surface area contributed by atoms with Gasteiger partial charge in [0.15, 0.2) is 11.6 Å². The third-order valence-corrected chi connectivity index (χ3v) is 7.28. The number of nitrogens with one attached hydrogen (secondary N) is 2. The molecule has 0 radical (unpaired) electrons. The summed E-state index contributed by atoms with van der Waals surface area (Å²) in [6.07, 6.45) is 4.77. The zero-order valence-corrected chi connectivity index (χ0v) is 17.9. The summed E-state index contributed by atoms with van der Waals surface area (Å²) in [4.78, 5) is 23.7. The van der Waals surface area contributed by atoms with Crippen molar-refractivity contribution in [1.82, 2.24) is 24.6 Å². The van der Waals surface area contributed by atoms with Crippen molar-refractivity contribution in [2.24, 2.45) is 17.8 Å². The molecule has 3 fully saturated rings. The van der Waals surface area contributed by atoms with Crippen molar-refractivity contribution in [3.05, 3.63) is 42.1 Å². The second-order valence-corrected chi connectivity index (χ2v) is 9.15. The Morgan fingerprint density at radius 1 is 1.21 bits per heavy atom. The van der Waals surface area contributed by atoms with E-state index in [1.807, 2.05) is 0 Å². The highest BCUT2D eigenvalue weighted by molar-refractivity contribution is 5.92. The molecule has 3 aliphatic carbocycles. The van der Waals surface area contributed by atoms with Crippen LogP contribution in [0.5, 0.6) is 0 Å². The number of fused-ring (bicyclic) bond motifs is 5. The molecular weight excluding hydrogens is 449 g/mol. The van der Waals surface area contributed by atoms with Crippen LogP contribution >= 0.6 is 0 Å². The molecule has 8 nitrogen and oxygen atoms in total. The summed E-state index contributed by atoms with van der Waals surface area (Å²) in [5, 5.41) is 18.1. The fourth-order valence-corrected chi connectivity index (χ4v) is 5.69. The Morgan fingerprint density at radius 3 is 2.71 bits per heavy atom. The molecule has 3 aliphatic rings. The number of carboxylic acid groups (broad SMARTS) is 1. The van der Waals surface area contributed by atoms with E-state index >= 15 is 0 Å². The highest BCUT2D eigenvalue weighted by Crippen LogP contribution is 2.46. The van der Waals surface area contributed by atoms with Crippen LogP contribution in [0.3, 0.4) is 0 Å². The smallest absolute Gasteiger partial charge is 0.308 e. The number of H-pyrrole nitrogens is 1. The van der Waals surface area contributed by atoms with Crippen LogP contribution in [-0.4, -0.2) is 41.7 Å². The molecule has 4 heterocycles. The minimum atomic E-state index is -2.71. The molecule has 3 N–H and O–H groups in total. The summed E-state index contributed by atoms with van der Waals surface area (Å²) in [5.74, 6) is -1.29. The maximum atomic E-state index is 13.9. The Morgan fingerprint density at radius 2 is 1.97 bits per heavy atom. The molecule has 3 saturated carbocycles. The molecule has 0 aromatic carbocycles. The van der Waals surface area contributed by atoms with Gasteiger partial charge in [-0.15, -0.1) is 5.10 Å². The molecule has 4 aromatic rings. The largest absolute Gasteiger partial charge is 0.481 e. The normalized spacial score (nSPS) is 24.4. The van der Waals surface area contributed by atoms with E-state index in [1.165, 1.54) is 22.8 Å². The van der Waals surface area contributed by atoms with Crippen molar-refractivity contribution in [1.29, 1.82) is 0 Å². The molecule has 2 atom stereocenters. The number of aromatic nitrogens is 5. The second kappa shape index (κ2) is 7.71. The number of hydrogen-bond donors (Lipinski definition) is 3. The molecule has 0 saturated heterocycles. The van der Waals surface area contributed by atoms with Gasteiger partial charge in [-0.1, -0.05) is 0 Å². The molecule has 0 unspecified atom stereocenters. The Kier molecular flexibility index (Phi) is 4.75. The number of anilines is 1. The monoisotopic (exact) mass is 470 g/mol. The predicted octanol–water partition coefficient (Wildman–Crippen LogP) is 4.65. The van der Waals surface area contributed by atoms with Gasteiger partial charge in [0.1, 0.15) is 17.0 Å². The maximum absolute atomic E-state index is 13.9. The lowest BCUT2D eigenvalue weighted by Crippen LogP contribution is -2.51. The Labute approximate surface area is 191 Å². The molecule has 176 valence electrons. The summed E-state index contributed by atoms with van der Waals surface area (Å²) in [7, 11) is 0. The van der Waals surface area contributed by atoms with Crippen LogP contribution in [0, 0.1) is 23.6 Å². The lowest BCUT2D eigenvalue weighted by atomic mass is 9.61. The van der Waals surface area contributed by atoms with Gasteiger partial charge in [-0.2, -0.15) is 0 Å². The van der Waals surface area contributed by atoms with Crippen molar-refractivity contribution in [3.63, 3.8) is 0 Å². The van der Waals surface area contributed by atoms with Crippen LogP contribution in [0.4, 0.5) is 19.0 Å². The average Bonchev–Trinajstić information content (AvgIpc) is 3.43. The molecule has 4 aromatic heterocycles. The first kappa shape index (κ1) is 20.9. The Bertz CT molecular complexity index is 1410. The fraction of sp³-hybridized carbons (Fsp3) is 0.391. The lowest BCUT2D eigenvalue weighted by Gasteiger charge is -2.47. The molecule has 34 heavy (non-hydrogen) atoms. The summed E-state index contributed by atoms with van der Waals surface area (Å²) in [6, 6.07) is 2.24. The van der Waals surface area contributed by atoms with Gasteiger partial charge in [-0.05, 0) is 49.7 Å². The van der Waals surface area contributed by atoms with Gasteiger partial charge in [-0.25, -0.2) is 27.7 Å². The predicted molar refractivity (Wildman–Crippen MR) is 117 cm³/mol. The number of alkyl halides is 2.